The van der Waals surface area contributed by atoms with Crippen LogP contribution < -0.4 is 38.6 Å². The Morgan fingerprint density at radius 2 is 1.82 bits per heavy atom. The zero-order chi connectivity index (χ0) is 30.8. The minimum atomic E-state index is -0.773. The highest BCUT2D eigenvalue weighted by atomic mass is 32.1. The summed E-state index contributed by atoms with van der Waals surface area (Å²) in [5.74, 6) is 2.48. The van der Waals surface area contributed by atoms with Gasteiger partial charge < -0.3 is 28.4 Å². The van der Waals surface area contributed by atoms with Gasteiger partial charge in [-0.05, 0) is 61.4 Å². The molecule has 0 bridgehead atoms. The molecule has 0 aliphatic carbocycles. The van der Waals surface area contributed by atoms with E-state index in [1.165, 1.54) is 15.9 Å². The maximum Gasteiger partial charge on any atom is 0.338 e. The van der Waals surface area contributed by atoms with Crippen molar-refractivity contribution < 1.29 is 33.2 Å². The Morgan fingerprint density at radius 3 is 2.61 bits per heavy atom. The fourth-order valence-electron chi connectivity index (χ4n) is 5.21. The van der Waals surface area contributed by atoms with Crippen molar-refractivity contribution in [3.05, 3.63) is 108 Å². The number of benzene rings is 3. The third-order valence-corrected chi connectivity index (χ3v) is 8.25. The molecule has 0 saturated heterocycles. The van der Waals surface area contributed by atoms with E-state index < -0.39 is 12.0 Å². The normalized spacial score (nSPS) is 15.5. The maximum atomic E-state index is 14.0. The molecule has 0 fully saturated rings. The molecule has 1 aromatic heterocycles. The first-order valence-corrected chi connectivity index (χ1v) is 14.8. The molecule has 3 aromatic carbocycles. The van der Waals surface area contributed by atoms with Crippen LogP contribution in [0.15, 0.2) is 81.7 Å². The molecule has 1 atom stereocenters. The molecular formula is C33H30N2O8S. The fraction of sp³-hybridized carbons (Fsp3) is 0.242. The molecule has 3 heterocycles. The monoisotopic (exact) mass is 614 g/mol. The molecule has 4 aromatic rings. The highest BCUT2D eigenvalue weighted by Crippen LogP contribution is 2.36. The van der Waals surface area contributed by atoms with E-state index in [1.54, 1.807) is 52.3 Å². The second-order valence-electron chi connectivity index (χ2n) is 9.93. The lowest BCUT2D eigenvalue weighted by atomic mass is 9.95. The summed E-state index contributed by atoms with van der Waals surface area (Å²) in [6, 6.07) is 17.7. The minimum absolute atomic E-state index is 0.191. The van der Waals surface area contributed by atoms with Crippen molar-refractivity contribution in [2.75, 3.05) is 27.6 Å². The fourth-order valence-corrected chi connectivity index (χ4v) is 6.26. The molecule has 0 spiro atoms. The maximum absolute atomic E-state index is 14.0. The number of carbonyl (C=O) groups excluding carboxylic acids is 1. The number of fused-ring (bicyclic) bond motifs is 2. The lowest BCUT2D eigenvalue weighted by Gasteiger charge is -2.25. The molecule has 0 amide bonds. The Labute approximate surface area is 257 Å². The molecule has 0 N–H and O–H groups in total. The van der Waals surface area contributed by atoms with Crippen molar-refractivity contribution in [3.63, 3.8) is 0 Å². The largest absolute Gasteiger partial charge is 0.496 e. The molecule has 44 heavy (non-hydrogen) atoms. The summed E-state index contributed by atoms with van der Waals surface area (Å²) in [6.45, 7) is 4.19. The van der Waals surface area contributed by atoms with Crippen molar-refractivity contribution in [1.82, 2.24) is 4.57 Å². The highest BCUT2D eigenvalue weighted by molar-refractivity contribution is 7.07. The summed E-state index contributed by atoms with van der Waals surface area (Å²) in [7, 11) is 3.12. The Morgan fingerprint density at radius 1 is 1.02 bits per heavy atom. The van der Waals surface area contributed by atoms with Crippen molar-refractivity contribution in [2.24, 2.45) is 4.99 Å². The average Bonchev–Trinajstić information content (AvgIpc) is 3.63. The third-order valence-electron chi connectivity index (χ3n) is 7.27. The quantitative estimate of drug-likeness (QED) is 0.259. The number of hydrogen-bond acceptors (Lipinski definition) is 10. The van der Waals surface area contributed by atoms with Gasteiger partial charge in [0.25, 0.3) is 5.56 Å². The molecule has 0 radical (unpaired) electrons. The summed E-state index contributed by atoms with van der Waals surface area (Å²) in [5.41, 5.74) is 2.80. The Hall–Kier alpha value is -5.03. The molecule has 11 heteroatoms. The van der Waals surface area contributed by atoms with Crippen molar-refractivity contribution in [1.29, 1.82) is 0 Å². The lowest BCUT2D eigenvalue weighted by molar-refractivity contribution is -0.139. The number of nitrogens with zero attached hydrogens (tertiary/aromatic N) is 2. The second kappa shape index (κ2) is 12.3. The molecule has 6 rings (SSSR count). The van der Waals surface area contributed by atoms with E-state index in [9.17, 15) is 9.59 Å². The number of allylic oxidation sites excluding steroid dienone is 1. The topological polar surface area (TPSA) is 107 Å². The van der Waals surface area contributed by atoms with Gasteiger partial charge in [0.05, 0.1) is 36.6 Å². The average molecular weight is 615 g/mol. The molecule has 0 saturated carbocycles. The van der Waals surface area contributed by atoms with E-state index in [-0.39, 0.29) is 19.0 Å². The van der Waals surface area contributed by atoms with Gasteiger partial charge >= 0.3 is 5.97 Å². The van der Waals surface area contributed by atoms with Gasteiger partial charge in [0.2, 0.25) is 6.79 Å². The van der Waals surface area contributed by atoms with Gasteiger partial charge in [-0.3, -0.25) is 9.36 Å². The third kappa shape index (κ3) is 5.42. The predicted molar refractivity (Wildman–Crippen MR) is 163 cm³/mol. The van der Waals surface area contributed by atoms with Crippen LogP contribution in [0.5, 0.6) is 28.7 Å². The lowest BCUT2D eigenvalue weighted by Crippen LogP contribution is -2.40. The predicted octanol–water partition coefficient (Wildman–Crippen LogP) is 4.12. The first-order chi connectivity index (χ1) is 21.4. The summed E-state index contributed by atoms with van der Waals surface area (Å²) in [5, 5.41) is 0. The van der Waals surface area contributed by atoms with Crippen LogP contribution in [-0.4, -0.2) is 38.2 Å². The molecule has 2 aliphatic rings. The van der Waals surface area contributed by atoms with Crippen LogP contribution in [0.4, 0.5) is 0 Å². The van der Waals surface area contributed by atoms with Crippen molar-refractivity contribution in [3.8, 4) is 28.7 Å². The summed E-state index contributed by atoms with van der Waals surface area (Å²) in [6.07, 6.45) is 1.77. The molecule has 226 valence electrons. The zero-order valence-electron chi connectivity index (χ0n) is 24.6. The van der Waals surface area contributed by atoms with Gasteiger partial charge in [0, 0.05) is 5.56 Å². The van der Waals surface area contributed by atoms with Crippen LogP contribution >= 0.6 is 11.3 Å². The van der Waals surface area contributed by atoms with Gasteiger partial charge in [0.15, 0.2) is 27.8 Å². The smallest absolute Gasteiger partial charge is 0.338 e. The van der Waals surface area contributed by atoms with Gasteiger partial charge in [-0.1, -0.05) is 41.7 Å². The van der Waals surface area contributed by atoms with Crippen LogP contribution in [0.1, 0.15) is 36.6 Å². The van der Waals surface area contributed by atoms with E-state index in [0.717, 1.165) is 11.1 Å². The van der Waals surface area contributed by atoms with E-state index in [1.807, 2.05) is 42.5 Å². The number of aromatic nitrogens is 1. The molecule has 2 aliphatic heterocycles. The van der Waals surface area contributed by atoms with Crippen LogP contribution in [0.2, 0.25) is 0 Å². The number of rotatable bonds is 9. The SMILES string of the molecule is CCOC(=O)C1=C(C)N=c2s/c(=C\c3ccc(OCc4ccc5c(c4)OCO5)c(OC)c3)c(=O)n2[C@@H]1c1ccccc1OC. The Bertz CT molecular complexity index is 1960. The number of carbonyl (C=O) groups is 1. The van der Waals surface area contributed by atoms with Crippen LogP contribution in [0.25, 0.3) is 6.08 Å². The van der Waals surface area contributed by atoms with Gasteiger partial charge in [-0.25, -0.2) is 9.79 Å². The van der Waals surface area contributed by atoms with Gasteiger partial charge in [-0.2, -0.15) is 0 Å². The molecule has 0 unspecified atom stereocenters. The number of methoxy groups -OCH3 is 2. The van der Waals surface area contributed by atoms with Crippen molar-refractivity contribution in [2.45, 2.75) is 26.5 Å². The number of para-hydroxylation sites is 1. The summed E-state index contributed by atoms with van der Waals surface area (Å²) >= 11 is 1.24. The van der Waals surface area contributed by atoms with Crippen LogP contribution in [0, 0.1) is 0 Å². The first-order valence-electron chi connectivity index (χ1n) is 13.9. The van der Waals surface area contributed by atoms with E-state index in [4.69, 9.17) is 28.4 Å². The number of ether oxygens (including phenoxy) is 6. The summed E-state index contributed by atoms with van der Waals surface area (Å²) < 4.78 is 35.5. The van der Waals surface area contributed by atoms with E-state index in [0.29, 0.717) is 61.5 Å². The standard InChI is InChI=1S/C33H30N2O8S/c1-5-40-32(37)29-19(2)34-33-35(30(29)22-8-6-7-9-23(22)38-3)31(36)28(44-33)16-20-10-12-24(26(14-20)39-4)41-17-21-11-13-25-27(15-21)43-18-42-25/h6-16,30H,5,17-18H2,1-4H3/b28-16-/t30-/m1/s1. The first kappa shape index (κ1) is 29.1. The Balaban J connectivity index is 1.36. The van der Waals surface area contributed by atoms with Crippen LogP contribution in [-0.2, 0) is 16.1 Å². The zero-order valence-corrected chi connectivity index (χ0v) is 25.4. The van der Waals surface area contributed by atoms with Crippen LogP contribution in [0.3, 0.4) is 0 Å². The highest BCUT2D eigenvalue weighted by Gasteiger charge is 2.35. The number of thiazole rings is 1. The molecular weight excluding hydrogens is 584 g/mol. The van der Waals surface area contributed by atoms with Gasteiger partial charge in [-0.15, -0.1) is 0 Å². The Kier molecular flexibility index (Phi) is 8.12. The molecule has 10 nitrogen and oxygen atoms in total. The summed E-state index contributed by atoms with van der Waals surface area (Å²) in [4.78, 5) is 32.3. The van der Waals surface area contributed by atoms with E-state index >= 15 is 0 Å². The van der Waals surface area contributed by atoms with Gasteiger partial charge in [0.1, 0.15) is 18.4 Å². The number of esters is 1. The minimum Gasteiger partial charge on any atom is -0.496 e. The second-order valence-corrected chi connectivity index (χ2v) is 10.9. The number of hydrogen-bond donors (Lipinski definition) is 0. The van der Waals surface area contributed by atoms with E-state index in [2.05, 4.69) is 4.99 Å². The van der Waals surface area contributed by atoms with Crippen molar-refractivity contribution >= 4 is 23.4 Å².